The molecule has 0 atom stereocenters. The number of aryl methyl sites for hydroxylation is 1. The number of furan rings is 1. The standard InChI is InChI=1S/C21H19N3O2/c1-15-18(17-9-5-6-10-19(17)26-15)11-21(25)23-20-13-24(14-22-20)12-16-7-3-2-4-8-16/h2-10,13-14H,11-12H2,1H3,(H,23,25). The van der Waals surface area contributed by atoms with Crippen LogP contribution in [0.2, 0.25) is 0 Å². The van der Waals surface area contributed by atoms with Crippen LogP contribution in [0.4, 0.5) is 5.82 Å². The van der Waals surface area contributed by atoms with E-state index in [1.807, 2.05) is 60.2 Å². The van der Waals surface area contributed by atoms with E-state index < -0.39 is 0 Å². The van der Waals surface area contributed by atoms with E-state index in [0.29, 0.717) is 5.82 Å². The molecule has 0 aliphatic rings. The first kappa shape index (κ1) is 16.1. The summed E-state index contributed by atoms with van der Waals surface area (Å²) in [6.07, 6.45) is 3.82. The Hall–Kier alpha value is -3.34. The third kappa shape index (κ3) is 3.37. The number of carbonyl (C=O) groups excluding carboxylic acids is 1. The van der Waals surface area contributed by atoms with Gasteiger partial charge in [-0.25, -0.2) is 4.98 Å². The SMILES string of the molecule is Cc1oc2ccccc2c1CC(=O)Nc1cn(Cc2ccccc2)cn1. The number of amides is 1. The van der Waals surface area contributed by atoms with E-state index in [2.05, 4.69) is 22.4 Å². The second-order valence-electron chi connectivity index (χ2n) is 6.27. The lowest BCUT2D eigenvalue weighted by atomic mass is 10.1. The molecule has 4 aromatic rings. The summed E-state index contributed by atoms with van der Waals surface area (Å²) >= 11 is 0. The highest BCUT2D eigenvalue weighted by atomic mass is 16.3. The van der Waals surface area contributed by atoms with Crippen LogP contribution in [-0.4, -0.2) is 15.5 Å². The van der Waals surface area contributed by atoms with Crippen molar-refractivity contribution in [1.82, 2.24) is 9.55 Å². The molecular formula is C21H19N3O2. The molecule has 0 aliphatic carbocycles. The molecule has 1 N–H and O–H groups in total. The number of nitrogens with one attached hydrogen (secondary N) is 1. The Kier molecular flexibility index (Phi) is 4.27. The lowest BCUT2D eigenvalue weighted by molar-refractivity contribution is -0.115. The molecule has 2 aromatic carbocycles. The molecule has 0 aliphatic heterocycles. The minimum atomic E-state index is -0.107. The fourth-order valence-electron chi connectivity index (χ4n) is 3.09. The van der Waals surface area contributed by atoms with Gasteiger partial charge in [-0.05, 0) is 18.6 Å². The number of hydrogen-bond donors (Lipinski definition) is 1. The predicted octanol–water partition coefficient (Wildman–Crippen LogP) is 4.17. The van der Waals surface area contributed by atoms with Gasteiger partial charge in [0.05, 0.1) is 12.7 Å². The maximum Gasteiger partial charge on any atom is 0.230 e. The van der Waals surface area contributed by atoms with E-state index in [4.69, 9.17) is 4.42 Å². The number of imidazole rings is 1. The van der Waals surface area contributed by atoms with Gasteiger partial charge in [-0.1, -0.05) is 48.5 Å². The Morgan fingerprint density at radius 1 is 1.12 bits per heavy atom. The number of nitrogens with zero attached hydrogens (tertiary/aromatic N) is 2. The van der Waals surface area contributed by atoms with Crippen molar-refractivity contribution >= 4 is 22.7 Å². The fourth-order valence-corrected chi connectivity index (χ4v) is 3.09. The Morgan fingerprint density at radius 2 is 1.88 bits per heavy atom. The predicted molar refractivity (Wildman–Crippen MR) is 101 cm³/mol. The summed E-state index contributed by atoms with van der Waals surface area (Å²) < 4.78 is 7.67. The van der Waals surface area contributed by atoms with Gasteiger partial charge in [0.2, 0.25) is 5.91 Å². The van der Waals surface area contributed by atoms with Crippen LogP contribution in [0, 0.1) is 6.92 Å². The quantitative estimate of drug-likeness (QED) is 0.591. The Labute approximate surface area is 151 Å². The van der Waals surface area contributed by atoms with Crippen LogP contribution in [0.5, 0.6) is 0 Å². The topological polar surface area (TPSA) is 60.1 Å². The molecule has 4 rings (SSSR count). The molecule has 1 amide bonds. The van der Waals surface area contributed by atoms with Gasteiger partial charge in [0, 0.05) is 23.7 Å². The lowest BCUT2D eigenvalue weighted by Crippen LogP contribution is -2.15. The summed E-state index contributed by atoms with van der Waals surface area (Å²) in [6, 6.07) is 17.9. The molecule has 0 saturated heterocycles. The third-order valence-electron chi connectivity index (χ3n) is 4.35. The number of carbonyl (C=O) groups is 1. The number of hydrogen-bond acceptors (Lipinski definition) is 3. The zero-order valence-corrected chi connectivity index (χ0v) is 14.5. The van der Waals surface area contributed by atoms with Gasteiger partial charge in [-0.3, -0.25) is 4.79 Å². The number of para-hydroxylation sites is 1. The fraction of sp³-hybridized carbons (Fsp3) is 0.143. The lowest BCUT2D eigenvalue weighted by Gasteiger charge is -2.03. The number of benzene rings is 2. The number of anilines is 1. The van der Waals surface area contributed by atoms with E-state index in [-0.39, 0.29) is 12.3 Å². The Morgan fingerprint density at radius 3 is 2.73 bits per heavy atom. The molecule has 0 spiro atoms. The Bertz CT molecular complexity index is 1050. The second-order valence-corrected chi connectivity index (χ2v) is 6.27. The van der Waals surface area contributed by atoms with Gasteiger partial charge in [-0.2, -0.15) is 0 Å². The average Bonchev–Trinajstić information content (AvgIpc) is 3.20. The van der Waals surface area contributed by atoms with Crippen molar-refractivity contribution in [1.29, 1.82) is 0 Å². The van der Waals surface area contributed by atoms with Crippen molar-refractivity contribution in [3.05, 3.63) is 84.0 Å². The van der Waals surface area contributed by atoms with Gasteiger partial charge in [-0.15, -0.1) is 0 Å². The average molecular weight is 345 g/mol. The molecule has 5 nitrogen and oxygen atoms in total. The number of fused-ring (bicyclic) bond motifs is 1. The van der Waals surface area contributed by atoms with Crippen molar-refractivity contribution in [3.63, 3.8) is 0 Å². The van der Waals surface area contributed by atoms with Crippen LogP contribution in [0.3, 0.4) is 0 Å². The first-order valence-corrected chi connectivity index (χ1v) is 8.51. The zero-order valence-electron chi connectivity index (χ0n) is 14.5. The van der Waals surface area contributed by atoms with E-state index in [1.54, 1.807) is 6.33 Å². The van der Waals surface area contributed by atoms with Crippen molar-refractivity contribution in [3.8, 4) is 0 Å². The highest BCUT2D eigenvalue weighted by molar-refractivity contribution is 5.95. The highest BCUT2D eigenvalue weighted by Gasteiger charge is 2.15. The largest absolute Gasteiger partial charge is 0.461 e. The van der Waals surface area contributed by atoms with Crippen LogP contribution in [0.15, 0.2) is 71.5 Å². The normalized spacial score (nSPS) is 11.0. The van der Waals surface area contributed by atoms with Gasteiger partial charge in [0.15, 0.2) is 5.82 Å². The van der Waals surface area contributed by atoms with Crippen LogP contribution < -0.4 is 5.32 Å². The van der Waals surface area contributed by atoms with Crippen molar-refractivity contribution < 1.29 is 9.21 Å². The van der Waals surface area contributed by atoms with E-state index >= 15 is 0 Å². The zero-order chi connectivity index (χ0) is 17.9. The van der Waals surface area contributed by atoms with Crippen LogP contribution in [0.1, 0.15) is 16.9 Å². The van der Waals surface area contributed by atoms with E-state index in [1.165, 1.54) is 5.56 Å². The van der Waals surface area contributed by atoms with E-state index in [0.717, 1.165) is 28.8 Å². The monoisotopic (exact) mass is 345 g/mol. The highest BCUT2D eigenvalue weighted by Crippen LogP contribution is 2.25. The molecule has 5 heteroatoms. The summed E-state index contributed by atoms with van der Waals surface area (Å²) in [7, 11) is 0. The molecule has 2 aromatic heterocycles. The van der Waals surface area contributed by atoms with Gasteiger partial charge in [0.25, 0.3) is 0 Å². The molecule has 0 unspecified atom stereocenters. The summed E-state index contributed by atoms with van der Waals surface area (Å²) in [5.41, 5.74) is 2.91. The minimum absolute atomic E-state index is 0.107. The van der Waals surface area contributed by atoms with Crippen molar-refractivity contribution in [2.45, 2.75) is 19.9 Å². The minimum Gasteiger partial charge on any atom is -0.461 e. The van der Waals surface area contributed by atoms with E-state index in [9.17, 15) is 4.79 Å². The molecular weight excluding hydrogens is 326 g/mol. The second kappa shape index (κ2) is 6.88. The van der Waals surface area contributed by atoms with Crippen LogP contribution in [-0.2, 0) is 17.8 Å². The smallest absolute Gasteiger partial charge is 0.230 e. The number of rotatable bonds is 5. The van der Waals surface area contributed by atoms with Gasteiger partial charge >= 0.3 is 0 Å². The van der Waals surface area contributed by atoms with Gasteiger partial charge < -0.3 is 14.3 Å². The first-order chi connectivity index (χ1) is 12.7. The molecule has 130 valence electrons. The van der Waals surface area contributed by atoms with Crippen molar-refractivity contribution in [2.75, 3.05) is 5.32 Å². The molecule has 0 saturated carbocycles. The molecule has 0 fully saturated rings. The summed E-state index contributed by atoms with van der Waals surface area (Å²) in [5.74, 6) is 1.22. The molecule has 0 radical (unpaired) electrons. The van der Waals surface area contributed by atoms with Crippen LogP contribution >= 0.6 is 0 Å². The first-order valence-electron chi connectivity index (χ1n) is 8.51. The molecule has 0 bridgehead atoms. The summed E-state index contributed by atoms with van der Waals surface area (Å²) in [6.45, 7) is 2.60. The molecule has 26 heavy (non-hydrogen) atoms. The van der Waals surface area contributed by atoms with Crippen molar-refractivity contribution in [2.24, 2.45) is 0 Å². The van der Waals surface area contributed by atoms with Crippen LogP contribution in [0.25, 0.3) is 11.0 Å². The Balaban J connectivity index is 1.44. The number of aromatic nitrogens is 2. The molecule has 2 heterocycles. The third-order valence-corrected chi connectivity index (χ3v) is 4.35. The maximum absolute atomic E-state index is 12.4. The summed E-state index contributed by atoms with van der Waals surface area (Å²) in [5, 5.41) is 3.85. The summed E-state index contributed by atoms with van der Waals surface area (Å²) in [4.78, 5) is 16.7. The maximum atomic E-state index is 12.4. The van der Waals surface area contributed by atoms with Gasteiger partial charge in [0.1, 0.15) is 11.3 Å².